The number of amides is 2. The molecule has 0 aliphatic heterocycles. The SMILES string of the molecule is CCCNC(=O)CN(CCC)C(=O)[C@@H]1C[C@@H]1C(=O)O. The van der Waals surface area contributed by atoms with Crippen LogP contribution in [0.15, 0.2) is 0 Å². The minimum Gasteiger partial charge on any atom is -0.481 e. The van der Waals surface area contributed by atoms with Crippen molar-refractivity contribution in [2.75, 3.05) is 19.6 Å². The summed E-state index contributed by atoms with van der Waals surface area (Å²) in [6, 6.07) is 0. The molecule has 0 spiro atoms. The van der Waals surface area contributed by atoms with Gasteiger partial charge in [-0.15, -0.1) is 0 Å². The van der Waals surface area contributed by atoms with E-state index in [4.69, 9.17) is 5.11 Å². The fourth-order valence-electron chi connectivity index (χ4n) is 2.01. The maximum atomic E-state index is 12.1. The second-order valence-electron chi connectivity index (χ2n) is 4.90. The third-order valence-corrected chi connectivity index (χ3v) is 3.14. The topological polar surface area (TPSA) is 86.7 Å². The number of carboxylic acids is 1. The van der Waals surface area contributed by atoms with E-state index in [-0.39, 0.29) is 18.4 Å². The zero-order valence-electron chi connectivity index (χ0n) is 11.5. The first kappa shape index (κ1) is 15.5. The lowest BCUT2D eigenvalue weighted by Gasteiger charge is -2.21. The lowest BCUT2D eigenvalue weighted by atomic mass is 10.2. The van der Waals surface area contributed by atoms with E-state index < -0.39 is 17.8 Å². The predicted octanol–water partition coefficient (Wildman–Crippen LogP) is 0.472. The van der Waals surface area contributed by atoms with Crippen molar-refractivity contribution in [1.82, 2.24) is 10.2 Å². The van der Waals surface area contributed by atoms with Gasteiger partial charge in [0.1, 0.15) is 0 Å². The quantitative estimate of drug-likeness (QED) is 0.671. The molecule has 1 fully saturated rings. The Bertz CT molecular complexity index is 357. The van der Waals surface area contributed by atoms with Gasteiger partial charge < -0.3 is 15.3 Å². The van der Waals surface area contributed by atoms with Gasteiger partial charge in [0.15, 0.2) is 0 Å². The molecule has 2 N–H and O–H groups in total. The molecule has 0 aromatic carbocycles. The van der Waals surface area contributed by atoms with Crippen molar-refractivity contribution in [1.29, 1.82) is 0 Å². The van der Waals surface area contributed by atoms with Crippen LogP contribution < -0.4 is 5.32 Å². The fourth-order valence-corrected chi connectivity index (χ4v) is 2.01. The second-order valence-corrected chi connectivity index (χ2v) is 4.90. The molecular formula is C13H22N2O4. The number of carbonyl (C=O) groups is 3. The molecule has 0 aromatic rings. The molecule has 6 heteroatoms. The van der Waals surface area contributed by atoms with Gasteiger partial charge in [-0.25, -0.2) is 0 Å². The smallest absolute Gasteiger partial charge is 0.307 e. The van der Waals surface area contributed by atoms with Gasteiger partial charge in [0, 0.05) is 13.1 Å². The van der Waals surface area contributed by atoms with Crippen molar-refractivity contribution in [3.8, 4) is 0 Å². The van der Waals surface area contributed by atoms with Crippen molar-refractivity contribution in [2.45, 2.75) is 33.1 Å². The van der Waals surface area contributed by atoms with Crippen LogP contribution in [0.3, 0.4) is 0 Å². The normalized spacial score (nSPS) is 20.7. The Labute approximate surface area is 113 Å². The van der Waals surface area contributed by atoms with Crippen LogP contribution in [0.25, 0.3) is 0 Å². The molecule has 1 aliphatic rings. The van der Waals surface area contributed by atoms with Crippen molar-refractivity contribution < 1.29 is 19.5 Å². The molecule has 0 bridgehead atoms. The first-order valence-corrected chi connectivity index (χ1v) is 6.79. The van der Waals surface area contributed by atoms with E-state index >= 15 is 0 Å². The minimum atomic E-state index is -0.926. The summed E-state index contributed by atoms with van der Waals surface area (Å²) >= 11 is 0. The number of hydrogen-bond acceptors (Lipinski definition) is 3. The Kier molecular flexibility index (Phi) is 5.79. The second kappa shape index (κ2) is 7.11. The van der Waals surface area contributed by atoms with E-state index in [1.165, 1.54) is 4.90 Å². The largest absolute Gasteiger partial charge is 0.481 e. The zero-order chi connectivity index (χ0) is 14.4. The number of rotatable bonds is 8. The summed E-state index contributed by atoms with van der Waals surface area (Å²) in [4.78, 5) is 36.0. The number of aliphatic carboxylic acids is 1. The van der Waals surface area contributed by atoms with Crippen LogP contribution in [0.1, 0.15) is 33.1 Å². The summed E-state index contributed by atoms with van der Waals surface area (Å²) in [5, 5.41) is 11.6. The molecule has 6 nitrogen and oxygen atoms in total. The van der Waals surface area contributed by atoms with Crippen LogP contribution in [-0.4, -0.2) is 47.4 Å². The van der Waals surface area contributed by atoms with Crippen molar-refractivity contribution in [3.05, 3.63) is 0 Å². The van der Waals surface area contributed by atoms with E-state index in [9.17, 15) is 14.4 Å². The van der Waals surface area contributed by atoms with Gasteiger partial charge in [0.2, 0.25) is 11.8 Å². The molecule has 2 amide bonds. The molecule has 0 unspecified atom stereocenters. The van der Waals surface area contributed by atoms with Gasteiger partial charge in [-0.1, -0.05) is 13.8 Å². The van der Waals surface area contributed by atoms with Gasteiger partial charge in [-0.2, -0.15) is 0 Å². The monoisotopic (exact) mass is 270 g/mol. The van der Waals surface area contributed by atoms with Crippen LogP contribution in [0.2, 0.25) is 0 Å². The maximum Gasteiger partial charge on any atom is 0.307 e. The Morgan fingerprint density at radius 3 is 2.37 bits per heavy atom. The highest BCUT2D eigenvalue weighted by molar-refractivity contribution is 5.91. The lowest BCUT2D eigenvalue weighted by molar-refractivity contribution is -0.142. The summed E-state index contributed by atoms with van der Waals surface area (Å²) < 4.78 is 0. The van der Waals surface area contributed by atoms with Crippen LogP contribution in [0.4, 0.5) is 0 Å². The highest BCUT2D eigenvalue weighted by atomic mass is 16.4. The van der Waals surface area contributed by atoms with E-state index in [0.717, 1.165) is 12.8 Å². The Morgan fingerprint density at radius 1 is 1.21 bits per heavy atom. The highest BCUT2D eigenvalue weighted by Crippen LogP contribution is 2.40. The summed E-state index contributed by atoms with van der Waals surface area (Å²) in [6.45, 7) is 4.98. The van der Waals surface area contributed by atoms with Crippen LogP contribution in [0.5, 0.6) is 0 Å². The number of nitrogens with one attached hydrogen (secondary N) is 1. The molecule has 1 saturated carbocycles. The summed E-state index contributed by atoms with van der Waals surface area (Å²) in [5.74, 6) is -2.32. The first-order valence-electron chi connectivity index (χ1n) is 6.79. The highest BCUT2D eigenvalue weighted by Gasteiger charge is 2.49. The summed E-state index contributed by atoms with van der Waals surface area (Å²) in [7, 11) is 0. The van der Waals surface area contributed by atoms with E-state index in [2.05, 4.69) is 5.32 Å². The number of nitrogens with zero attached hydrogens (tertiary/aromatic N) is 1. The van der Waals surface area contributed by atoms with Gasteiger partial charge in [0.05, 0.1) is 18.4 Å². The van der Waals surface area contributed by atoms with Crippen molar-refractivity contribution in [3.63, 3.8) is 0 Å². The zero-order valence-corrected chi connectivity index (χ0v) is 11.5. The molecule has 19 heavy (non-hydrogen) atoms. The van der Waals surface area contributed by atoms with Gasteiger partial charge in [0.25, 0.3) is 0 Å². The van der Waals surface area contributed by atoms with Gasteiger partial charge in [-0.05, 0) is 19.3 Å². The maximum absolute atomic E-state index is 12.1. The summed E-state index contributed by atoms with van der Waals surface area (Å²) in [6.07, 6.45) is 1.99. The Morgan fingerprint density at radius 2 is 1.89 bits per heavy atom. The Hall–Kier alpha value is -1.59. The van der Waals surface area contributed by atoms with Gasteiger partial charge in [-0.3, -0.25) is 14.4 Å². The van der Waals surface area contributed by atoms with Crippen molar-refractivity contribution >= 4 is 17.8 Å². The Balaban J connectivity index is 2.50. The molecule has 2 atom stereocenters. The number of carboxylic acid groups (broad SMARTS) is 1. The first-order chi connectivity index (χ1) is 9.01. The van der Waals surface area contributed by atoms with Crippen LogP contribution >= 0.6 is 0 Å². The fraction of sp³-hybridized carbons (Fsp3) is 0.769. The molecular weight excluding hydrogens is 248 g/mol. The lowest BCUT2D eigenvalue weighted by Crippen LogP contribution is -2.42. The van der Waals surface area contributed by atoms with E-state index in [1.807, 2.05) is 13.8 Å². The van der Waals surface area contributed by atoms with Crippen LogP contribution in [0, 0.1) is 11.8 Å². The minimum absolute atomic E-state index is 0.0233. The molecule has 0 saturated heterocycles. The predicted molar refractivity (Wildman–Crippen MR) is 69.4 cm³/mol. The standard InChI is InChI=1S/C13H22N2O4/c1-3-5-14-11(16)8-15(6-4-2)12(17)9-7-10(9)13(18)19/h9-10H,3-8H2,1-2H3,(H,14,16)(H,18,19)/t9-,10+/m1/s1. The van der Waals surface area contributed by atoms with E-state index in [0.29, 0.717) is 19.5 Å². The van der Waals surface area contributed by atoms with Gasteiger partial charge >= 0.3 is 5.97 Å². The molecule has 1 rings (SSSR count). The molecule has 0 heterocycles. The summed E-state index contributed by atoms with van der Waals surface area (Å²) in [5.41, 5.74) is 0. The third-order valence-electron chi connectivity index (χ3n) is 3.14. The average Bonchev–Trinajstić information content (AvgIpc) is 3.15. The number of hydrogen-bond donors (Lipinski definition) is 2. The average molecular weight is 270 g/mol. The molecule has 1 aliphatic carbocycles. The van der Waals surface area contributed by atoms with Crippen LogP contribution in [-0.2, 0) is 14.4 Å². The molecule has 0 radical (unpaired) electrons. The van der Waals surface area contributed by atoms with E-state index in [1.54, 1.807) is 0 Å². The van der Waals surface area contributed by atoms with Crippen molar-refractivity contribution in [2.24, 2.45) is 11.8 Å². The third kappa shape index (κ3) is 4.54. The molecule has 108 valence electrons. The number of carbonyl (C=O) groups excluding carboxylic acids is 2. The molecule has 0 aromatic heterocycles.